The molecule has 6 nitrogen and oxygen atoms in total. The predicted octanol–water partition coefficient (Wildman–Crippen LogP) is 15.2. The van der Waals surface area contributed by atoms with Gasteiger partial charge in [-0.15, -0.1) is 0 Å². The zero-order valence-electron chi connectivity index (χ0n) is 36.7. The normalized spacial score (nSPS) is 12.1. The molecule has 0 aliphatic heterocycles. The molecule has 55 heavy (non-hydrogen) atoms. The Morgan fingerprint density at radius 3 is 1.07 bits per heavy atom. The van der Waals surface area contributed by atoms with Crippen LogP contribution in [0, 0.1) is 0 Å². The average Bonchev–Trinajstić information content (AvgIpc) is 3.18. The summed E-state index contributed by atoms with van der Waals surface area (Å²) in [6.45, 7) is 6.56. The molecule has 0 aliphatic carbocycles. The predicted molar refractivity (Wildman–Crippen MR) is 233 cm³/mol. The standard InChI is InChI=1S/C49H90O6/c1-4-7-10-13-16-19-22-24-26-27-30-33-36-39-42-48(51)54-45-46(44-53-47(50)41-38-35-32-29-21-18-15-12-9-6-3)55-49(52)43-40-37-34-31-28-25-23-20-17-14-11-8-5-2/h11,14,20,23,46H,4-10,12-13,15-19,21-22,24-45H2,1-3H3/b14-11-,23-20-. The van der Waals surface area contributed by atoms with Crippen molar-refractivity contribution in [3.05, 3.63) is 24.3 Å². The van der Waals surface area contributed by atoms with Crippen molar-refractivity contribution >= 4 is 17.9 Å². The molecule has 0 amide bonds. The Bertz CT molecular complexity index is 896. The van der Waals surface area contributed by atoms with Gasteiger partial charge >= 0.3 is 17.9 Å². The Morgan fingerprint density at radius 1 is 0.364 bits per heavy atom. The zero-order valence-corrected chi connectivity index (χ0v) is 36.7. The van der Waals surface area contributed by atoms with E-state index in [0.717, 1.165) is 89.9 Å². The summed E-state index contributed by atoms with van der Waals surface area (Å²) < 4.78 is 16.7. The van der Waals surface area contributed by atoms with E-state index in [0.29, 0.717) is 19.3 Å². The SMILES string of the molecule is CCC/C=C\C/C=C\CCCCCCCC(=O)OC(COC(=O)CCCCCCCCCCCC)COC(=O)CCCCCCCCCCCCCCCC. The quantitative estimate of drug-likeness (QED) is 0.0266. The highest BCUT2D eigenvalue weighted by Gasteiger charge is 2.19. The molecule has 322 valence electrons. The Kier molecular flexibility index (Phi) is 42.9. The van der Waals surface area contributed by atoms with E-state index in [1.54, 1.807) is 0 Å². The second-order valence-corrected chi connectivity index (χ2v) is 16.0. The van der Waals surface area contributed by atoms with E-state index < -0.39 is 6.10 Å². The van der Waals surface area contributed by atoms with Crippen molar-refractivity contribution in [2.75, 3.05) is 13.2 Å². The van der Waals surface area contributed by atoms with Crippen molar-refractivity contribution in [1.82, 2.24) is 0 Å². The highest BCUT2D eigenvalue weighted by Crippen LogP contribution is 2.15. The van der Waals surface area contributed by atoms with Crippen LogP contribution in [-0.2, 0) is 28.6 Å². The monoisotopic (exact) mass is 775 g/mol. The van der Waals surface area contributed by atoms with Crippen LogP contribution in [0.15, 0.2) is 24.3 Å². The number of allylic oxidation sites excluding steroid dienone is 4. The molecule has 0 aromatic rings. The largest absolute Gasteiger partial charge is 0.462 e. The summed E-state index contributed by atoms with van der Waals surface area (Å²) in [5.41, 5.74) is 0. The molecule has 0 heterocycles. The van der Waals surface area contributed by atoms with Crippen LogP contribution in [-0.4, -0.2) is 37.2 Å². The first-order chi connectivity index (χ1) is 27.0. The molecule has 0 radical (unpaired) electrons. The molecule has 0 aromatic carbocycles. The van der Waals surface area contributed by atoms with E-state index >= 15 is 0 Å². The highest BCUT2D eigenvalue weighted by molar-refractivity contribution is 5.71. The second-order valence-electron chi connectivity index (χ2n) is 16.0. The van der Waals surface area contributed by atoms with Crippen molar-refractivity contribution in [1.29, 1.82) is 0 Å². The lowest BCUT2D eigenvalue weighted by Crippen LogP contribution is -2.30. The lowest BCUT2D eigenvalue weighted by Gasteiger charge is -2.18. The van der Waals surface area contributed by atoms with Gasteiger partial charge in [0.2, 0.25) is 0 Å². The third kappa shape index (κ3) is 42.9. The minimum absolute atomic E-state index is 0.0728. The van der Waals surface area contributed by atoms with Crippen LogP contribution in [0.5, 0.6) is 0 Å². The van der Waals surface area contributed by atoms with E-state index in [1.807, 2.05) is 0 Å². The fraction of sp³-hybridized carbons (Fsp3) is 0.857. The summed E-state index contributed by atoms with van der Waals surface area (Å²) in [7, 11) is 0. The minimum Gasteiger partial charge on any atom is -0.462 e. The van der Waals surface area contributed by atoms with Gasteiger partial charge in [-0.25, -0.2) is 0 Å². The second kappa shape index (κ2) is 44.6. The molecule has 1 atom stereocenters. The van der Waals surface area contributed by atoms with Crippen molar-refractivity contribution in [2.24, 2.45) is 0 Å². The molecule has 0 aromatic heterocycles. The fourth-order valence-corrected chi connectivity index (χ4v) is 6.83. The Labute approximate surface area is 341 Å². The van der Waals surface area contributed by atoms with Gasteiger partial charge in [0, 0.05) is 19.3 Å². The molecular weight excluding hydrogens is 685 g/mol. The van der Waals surface area contributed by atoms with Gasteiger partial charge in [0.1, 0.15) is 13.2 Å². The number of unbranched alkanes of at least 4 members (excludes halogenated alkanes) is 28. The first-order valence-electron chi connectivity index (χ1n) is 23.8. The lowest BCUT2D eigenvalue weighted by molar-refractivity contribution is -0.167. The Hall–Kier alpha value is -2.11. The van der Waals surface area contributed by atoms with Crippen LogP contribution in [0.4, 0.5) is 0 Å². The molecular formula is C49H90O6. The topological polar surface area (TPSA) is 78.9 Å². The average molecular weight is 775 g/mol. The maximum atomic E-state index is 12.7. The van der Waals surface area contributed by atoms with Gasteiger partial charge in [0.25, 0.3) is 0 Å². The number of carbonyl (C=O) groups is 3. The number of esters is 3. The number of ether oxygens (including phenoxy) is 3. The highest BCUT2D eigenvalue weighted by atomic mass is 16.6. The fourth-order valence-electron chi connectivity index (χ4n) is 6.83. The summed E-state index contributed by atoms with van der Waals surface area (Å²) >= 11 is 0. The van der Waals surface area contributed by atoms with Crippen LogP contribution in [0.1, 0.15) is 252 Å². The maximum Gasteiger partial charge on any atom is 0.306 e. The number of hydrogen-bond donors (Lipinski definition) is 0. The Balaban J connectivity index is 4.35. The van der Waals surface area contributed by atoms with Crippen molar-refractivity contribution < 1.29 is 28.6 Å². The molecule has 0 spiro atoms. The summed E-state index contributed by atoms with van der Waals surface area (Å²) in [6.07, 6.45) is 48.7. The third-order valence-corrected chi connectivity index (χ3v) is 10.4. The van der Waals surface area contributed by atoms with Crippen LogP contribution >= 0.6 is 0 Å². The van der Waals surface area contributed by atoms with E-state index in [-0.39, 0.29) is 31.1 Å². The molecule has 0 aliphatic rings. The molecule has 6 heteroatoms. The number of carbonyl (C=O) groups excluding carboxylic acids is 3. The van der Waals surface area contributed by atoms with E-state index in [4.69, 9.17) is 14.2 Å². The van der Waals surface area contributed by atoms with Gasteiger partial charge in [-0.2, -0.15) is 0 Å². The van der Waals surface area contributed by atoms with Crippen LogP contribution in [0.2, 0.25) is 0 Å². The molecule has 0 saturated carbocycles. The molecule has 0 fully saturated rings. The van der Waals surface area contributed by atoms with Crippen molar-refractivity contribution in [3.8, 4) is 0 Å². The number of hydrogen-bond acceptors (Lipinski definition) is 6. The minimum atomic E-state index is -0.770. The van der Waals surface area contributed by atoms with Gasteiger partial charge < -0.3 is 14.2 Å². The van der Waals surface area contributed by atoms with Crippen LogP contribution in [0.3, 0.4) is 0 Å². The van der Waals surface area contributed by atoms with Crippen molar-refractivity contribution in [2.45, 2.75) is 258 Å². The summed E-state index contributed by atoms with van der Waals surface area (Å²) in [4.78, 5) is 37.7. The molecule has 1 unspecified atom stereocenters. The number of rotatable bonds is 43. The summed E-state index contributed by atoms with van der Waals surface area (Å²) in [6, 6.07) is 0. The van der Waals surface area contributed by atoms with E-state index in [2.05, 4.69) is 45.1 Å². The summed E-state index contributed by atoms with van der Waals surface area (Å²) in [5, 5.41) is 0. The van der Waals surface area contributed by atoms with Gasteiger partial charge in [0.05, 0.1) is 0 Å². The van der Waals surface area contributed by atoms with E-state index in [1.165, 1.54) is 122 Å². The molecule has 0 rings (SSSR count). The van der Waals surface area contributed by atoms with Gasteiger partial charge in [-0.1, -0.05) is 212 Å². The van der Waals surface area contributed by atoms with Crippen molar-refractivity contribution in [3.63, 3.8) is 0 Å². The first-order valence-corrected chi connectivity index (χ1v) is 23.8. The van der Waals surface area contributed by atoms with Crippen LogP contribution < -0.4 is 0 Å². The smallest absolute Gasteiger partial charge is 0.306 e. The first kappa shape index (κ1) is 52.9. The lowest BCUT2D eigenvalue weighted by atomic mass is 10.0. The zero-order chi connectivity index (χ0) is 40.1. The van der Waals surface area contributed by atoms with Gasteiger partial charge in [-0.3, -0.25) is 14.4 Å². The van der Waals surface area contributed by atoms with E-state index in [9.17, 15) is 14.4 Å². The van der Waals surface area contributed by atoms with Gasteiger partial charge in [0.15, 0.2) is 6.10 Å². The van der Waals surface area contributed by atoms with Gasteiger partial charge in [-0.05, 0) is 44.9 Å². The maximum absolute atomic E-state index is 12.7. The summed E-state index contributed by atoms with van der Waals surface area (Å²) in [5.74, 6) is -0.880. The molecule has 0 N–H and O–H groups in total. The molecule has 0 bridgehead atoms. The van der Waals surface area contributed by atoms with Crippen LogP contribution in [0.25, 0.3) is 0 Å². The third-order valence-electron chi connectivity index (χ3n) is 10.4. The molecule has 0 saturated heterocycles. The Morgan fingerprint density at radius 2 is 0.691 bits per heavy atom.